The van der Waals surface area contributed by atoms with Gasteiger partial charge < -0.3 is 5.32 Å². The summed E-state index contributed by atoms with van der Waals surface area (Å²) < 4.78 is 2.00. The van der Waals surface area contributed by atoms with Crippen LogP contribution >= 0.6 is 0 Å². The Morgan fingerprint density at radius 1 is 1.33 bits per heavy atom. The summed E-state index contributed by atoms with van der Waals surface area (Å²) in [5.41, 5.74) is 2.11. The third-order valence-electron chi connectivity index (χ3n) is 2.36. The third-order valence-corrected chi connectivity index (χ3v) is 2.36. The predicted molar refractivity (Wildman–Crippen MR) is 57.9 cm³/mol. The largest absolute Gasteiger partial charge is 0.319 e. The maximum absolute atomic E-state index is 4.33. The highest BCUT2D eigenvalue weighted by Gasteiger charge is 2.08. The zero-order chi connectivity index (χ0) is 10.8. The summed E-state index contributed by atoms with van der Waals surface area (Å²) in [5, 5.41) is 11.3. The first kappa shape index (κ1) is 10.0. The average Bonchev–Trinajstić information content (AvgIpc) is 2.58. The van der Waals surface area contributed by atoms with E-state index in [-0.39, 0.29) is 0 Å². The molecule has 1 N–H and O–H groups in total. The molecule has 80 valence electrons. The van der Waals surface area contributed by atoms with E-state index in [2.05, 4.69) is 20.5 Å². The Kier molecular flexibility index (Phi) is 2.64. The van der Waals surface area contributed by atoms with Crippen LogP contribution in [-0.4, -0.2) is 33.2 Å². The fourth-order valence-electron chi connectivity index (χ4n) is 1.70. The van der Waals surface area contributed by atoms with E-state index in [1.54, 1.807) is 0 Å². The van der Waals surface area contributed by atoms with Crippen LogP contribution in [-0.2, 0) is 6.42 Å². The number of nitrogens with one attached hydrogen (secondary N) is 1. The monoisotopic (exact) mass is 205 g/mol. The quantitative estimate of drug-likeness (QED) is 0.793. The molecule has 0 spiro atoms. The van der Waals surface area contributed by atoms with E-state index in [9.17, 15) is 0 Å². The van der Waals surface area contributed by atoms with Crippen LogP contribution in [0.15, 0.2) is 6.07 Å². The average molecular weight is 205 g/mol. The Labute approximate surface area is 88.6 Å². The lowest BCUT2D eigenvalue weighted by Crippen LogP contribution is -2.13. The predicted octanol–water partition coefficient (Wildman–Crippen LogP) is 0.503. The van der Waals surface area contributed by atoms with Crippen LogP contribution in [0.2, 0.25) is 0 Å². The number of hydrogen-bond donors (Lipinski definition) is 1. The Hall–Kier alpha value is -1.49. The molecule has 2 rings (SSSR count). The van der Waals surface area contributed by atoms with Crippen molar-refractivity contribution in [3.8, 4) is 0 Å². The molecule has 0 bridgehead atoms. The molecule has 2 heterocycles. The second kappa shape index (κ2) is 3.94. The molecule has 0 aromatic carbocycles. The summed E-state index contributed by atoms with van der Waals surface area (Å²) in [4.78, 5) is 4.33. The van der Waals surface area contributed by atoms with Crippen LogP contribution < -0.4 is 5.32 Å². The molecule has 0 aliphatic heterocycles. The Morgan fingerprint density at radius 2 is 2.13 bits per heavy atom. The van der Waals surface area contributed by atoms with Crippen molar-refractivity contribution in [1.29, 1.82) is 0 Å². The molecule has 0 saturated carbocycles. The normalized spacial score (nSPS) is 11.1. The fourth-order valence-corrected chi connectivity index (χ4v) is 1.70. The standard InChI is InChI=1S/C10H15N5/c1-7-6-8(2)15-9(4-5-11-3)13-14-10(15)12-7/h6,11H,4-5H2,1-3H3. The first-order valence-corrected chi connectivity index (χ1v) is 5.05. The van der Waals surface area contributed by atoms with Gasteiger partial charge in [0.1, 0.15) is 5.82 Å². The molecule has 0 radical (unpaired) electrons. The van der Waals surface area contributed by atoms with Gasteiger partial charge in [0.2, 0.25) is 0 Å². The molecule has 0 atom stereocenters. The minimum atomic E-state index is 0.693. The highest BCUT2D eigenvalue weighted by atomic mass is 15.3. The molecule has 0 fully saturated rings. The molecule has 15 heavy (non-hydrogen) atoms. The maximum Gasteiger partial charge on any atom is 0.255 e. The van der Waals surface area contributed by atoms with E-state index >= 15 is 0 Å². The van der Waals surface area contributed by atoms with Gasteiger partial charge >= 0.3 is 0 Å². The molecular formula is C10H15N5. The van der Waals surface area contributed by atoms with Gasteiger partial charge in [0.25, 0.3) is 5.78 Å². The number of aryl methyl sites for hydroxylation is 2. The summed E-state index contributed by atoms with van der Waals surface area (Å²) in [5.74, 6) is 1.66. The smallest absolute Gasteiger partial charge is 0.255 e. The van der Waals surface area contributed by atoms with E-state index in [0.29, 0.717) is 5.78 Å². The van der Waals surface area contributed by atoms with Crippen molar-refractivity contribution < 1.29 is 0 Å². The van der Waals surface area contributed by atoms with E-state index in [1.165, 1.54) is 0 Å². The van der Waals surface area contributed by atoms with Gasteiger partial charge in [-0.2, -0.15) is 0 Å². The van der Waals surface area contributed by atoms with Crippen LogP contribution in [0.1, 0.15) is 17.2 Å². The van der Waals surface area contributed by atoms with Crippen molar-refractivity contribution in [2.75, 3.05) is 13.6 Å². The third kappa shape index (κ3) is 1.83. The highest BCUT2D eigenvalue weighted by molar-refractivity contribution is 5.32. The van der Waals surface area contributed by atoms with Crippen LogP contribution in [0.3, 0.4) is 0 Å². The first-order chi connectivity index (χ1) is 7.22. The minimum Gasteiger partial charge on any atom is -0.319 e. The van der Waals surface area contributed by atoms with Gasteiger partial charge in [0.05, 0.1) is 0 Å². The molecule has 5 nitrogen and oxygen atoms in total. The van der Waals surface area contributed by atoms with Crippen molar-refractivity contribution in [3.63, 3.8) is 0 Å². The van der Waals surface area contributed by atoms with Crippen LogP contribution in [0, 0.1) is 13.8 Å². The summed E-state index contributed by atoms with van der Waals surface area (Å²) in [6.07, 6.45) is 0.864. The van der Waals surface area contributed by atoms with Crippen molar-refractivity contribution in [3.05, 3.63) is 23.3 Å². The SMILES string of the molecule is CNCCc1nnc2nc(C)cc(C)n12. The topological polar surface area (TPSA) is 55.1 Å². The number of aromatic nitrogens is 4. The van der Waals surface area contributed by atoms with Gasteiger partial charge in [0, 0.05) is 24.4 Å². The summed E-state index contributed by atoms with van der Waals surface area (Å²) in [6, 6.07) is 2.04. The first-order valence-electron chi connectivity index (χ1n) is 5.05. The molecule has 0 saturated heterocycles. The number of rotatable bonds is 3. The second-order valence-corrected chi connectivity index (χ2v) is 3.64. The van der Waals surface area contributed by atoms with E-state index in [0.717, 1.165) is 30.2 Å². The van der Waals surface area contributed by atoms with E-state index in [1.807, 2.05) is 31.4 Å². The van der Waals surface area contributed by atoms with Crippen LogP contribution in [0.5, 0.6) is 0 Å². The summed E-state index contributed by atoms with van der Waals surface area (Å²) >= 11 is 0. The maximum atomic E-state index is 4.33. The van der Waals surface area contributed by atoms with Gasteiger partial charge in [-0.05, 0) is 27.0 Å². The molecular weight excluding hydrogens is 190 g/mol. The minimum absolute atomic E-state index is 0.693. The fraction of sp³-hybridized carbons (Fsp3) is 0.500. The summed E-state index contributed by atoms with van der Waals surface area (Å²) in [6.45, 7) is 4.91. The molecule has 0 aliphatic rings. The Bertz CT molecular complexity index is 474. The lowest BCUT2D eigenvalue weighted by atomic mass is 10.3. The molecule has 5 heteroatoms. The van der Waals surface area contributed by atoms with Crippen molar-refractivity contribution in [1.82, 2.24) is 24.9 Å². The molecule has 2 aromatic rings. The van der Waals surface area contributed by atoms with Gasteiger partial charge in [-0.1, -0.05) is 0 Å². The van der Waals surface area contributed by atoms with Crippen LogP contribution in [0.4, 0.5) is 0 Å². The van der Waals surface area contributed by atoms with Gasteiger partial charge in [-0.15, -0.1) is 10.2 Å². The zero-order valence-corrected chi connectivity index (χ0v) is 9.28. The molecule has 0 amide bonds. The lowest BCUT2D eigenvalue weighted by molar-refractivity contribution is 0.743. The van der Waals surface area contributed by atoms with E-state index in [4.69, 9.17) is 0 Å². The highest BCUT2D eigenvalue weighted by Crippen LogP contribution is 2.07. The molecule has 2 aromatic heterocycles. The Balaban J connectivity index is 2.49. The van der Waals surface area contributed by atoms with Gasteiger partial charge in [-0.3, -0.25) is 4.40 Å². The van der Waals surface area contributed by atoms with Gasteiger partial charge in [0.15, 0.2) is 0 Å². The Morgan fingerprint density at radius 3 is 2.87 bits per heavy atom. The van der Waals surface area contributed by atoms with Gasteiger partial charge in [-0.25, -0.2) is 4.98 Å². The van der Waals surface area contributed by atoms with Crippen molar-refractivity contribution in [2.24, 2.45) is 0 Å². The molecule has 0 unspecified atom stereocenters. The van der Waals surface area contributed by atoms with Crippen LogP contribution in [0.25, 0.3) is 5.78 Å². The second-order valence-electron chi connectivity index (χ2n) is 3.64. The summed E-state index contributed by atoms with van der Waals surface area (Å²) in [7, 11) is 1.93. The van der Waals surface area contributed by atoms with Crippen molar-refractivity contribution in [2.45, 2.75) is 20.3 Å². The van der Waals surface area contributed by atoms with E-state index < -0.39 is 0 Å². The zero-order valence-electron chi connectivity index (χ0n) is 9.28. The number of nitrogens with zero attached hydrogens (tertiary/aromatic N) is 4. The lowest BCUT2D eigenvalue weighted by Gasteiger charge is -2.03. The number of fused-ring (bicyclic) bond motifs is 1. The van der Waals surface area contributed by atoms with Crippen molar-refractivity contribution >= 4 is 5.78 Å². The number of hydrogen-bond acceptors (Lipinski definition) is 4. The number of likely N-dealkylation sites (N-methyl/N-ethyl adjacent to an activating group) is 1. The molecule has 0 aliphatic carbocycles.